The molecule has 1 aromatic rings. The van der Waals surface area contributed by atoms with Gasteiger partial charge in [-0.15, -0.1) is 0 Å². The third-order valence-electron chi connectivity index (χ3n) is 6.27. The lowest BCUT2D eigenvalue weighted by molar-refractivity contribution is -0.127. The molecule has 1 saturated heterocycles. The molecule has 7 heteroatoms. The highest BCUT2D eigenvalue weighted by Crippen LogP contribution is 2.19. The molecule has 2 amide bonds. The van der Waals surface area contributed by atoms with Gasteiger partial charge in [-0.1, -0.05) is 49.6 Å². The first kappa shape index (κ1) is 24.1. The Labute approximate surface area is 192 Å². The minimum atomic E-state index is 0.107. The van der Waals surface area contributed by atoms with Crippen LogP contribution in [-0.2, 0) is 16.0 Å². The van der Waals surface area contributed by atoms with Gasteiger partial charge >= 0.3 is 0 Å². The Morgan fingerprint density at radius 2 is 1.91 bits per heavy atom. The van der Waals surface area contributed by atoms with Gasteiger partial charge in [-0.2, -0.15) is 0 Å². The fourth-order valence-corrected chi connectivity index (χ4v) is 4.50. The van der Waals surface area contributed by atoms with Crippen LogP contribution < -0.4 is 16.0 Å². The van der Waals surface area contributed by atoms with E-state index in [1.807, 2.05) is 30.0 Å². The summed E-state index contributed by atoms with van der Waals surface area (Å²) in [7, 11) is 0. The molecule has 2 aliphatic rings. The summed E-state index contributed by atoms with van der Waals surface area (Å²) in [5, 5.41) is 9.65. The van der Waals surface area contributed by atoms with Crippen molar-refractivity contribution in [2.75, 3.05) is 32.7 Å². The number of benzene rings is 1. The van der Waals surface area contributed by atoms with E-state index in [2.05, 4.69) is 33.1 Å². The van der Waals surface area contributed by atoms with E-state index in [1.54, 1.807) is 0 Å². The first-order valence-corrected chi connectivity index (χ1v) is 12.3. The van der Waals surface area contributed by atoms with E-state index >= 15 is 0 Å². The van der Waals surface area contributed by atoms with E-state index in [1.165, 1.54) is 24.8 Å². The second-order valence-electron chi connectivity index (χ2n) is 8.94. The lowest BCUT2D eigenvalue weighted by Crippen LogP contribution is -2.41. The molecule has 7 nitrogen and oxygen atoms in total. The molecule has 1 heterocycles. The zero-order valence-electron chi connectivity index (χ0n) is 19.4. The van der Waals surface area contributed by atoms with Gasteiger partial charge in [0.05, 0.1) is 0 Å². The summed E-state index contributed by atoms with van der Waals surface area (Å²) in [4.78, 5) is 31.2. The number of guanidine groups is 1. The van der Waals surface area contributed by atoms with Crippen LogP contribution >= 0.6 is 0 Å². The minimum absolute atomic E-state index is 0.107. The maximum absolute atomic E-state index is 12.4. The van der Waals surface area contributed by atoms with Gasteiger partial charge in [0, 0.05) is 57.5 Å². The van der Waals surface area contributed by atoms with Crippen molar-refractivity contribution >= 4 is 17.8 Å². The molecule has 0 bridgehead atoms. The normalized spacial score (nSPS) is 19.8. The number of hydrogen-bond donors (Lipinski definition) is 3. The van der Waals surface area contributed by atoms with E-state index in [0.29, 0.717) is 37.9 Å². The molecule has 32 heavy (non-hydrogen) atoms. The van der Waals surface area contributed by atoms with E-state index in [4.69, 9.17) is 0 Å². The van der Waals surface area contributed by atoms with Crippen LogP contribution in [0.1, 0.15) is 57.4 Å². The van der Waals surface area contributed by atoms with Gasteiger partial charge in [0.1, 0.15) is 0 Å². The monoisotopic (exact) mass is 441 g/mol. The van der Waals surface area contributed by atoms with Crippen LogP contribution in [0.4, 0.5) is 0 Å². The summed E-state index contributed by atoms with van der Waals surface area (Å²) >= 11 is 0. The smallest absolute Gasteiger partial charge is 0.223 e. The Bertz CT molecular complexity index is 746. The highest BCUT2D eigenvalue weighted by Gasteiger charge is 2.29. The Kier molecular flexibility index (Phi) is 9.85. The first-order valence-electron chi connectivity index (χ1n) is 12.3. The van der Waals surface area contributed by atoms with Crippen molar-refractivity contribution in [3.63, 3.8) is 0 Å². The number of nitrogens with zero attached hydrogens (tertiary/aromatic N) is 2. The first-order chi connectivity index (χ1) is 15.6. The Balaban J connectivity index is 1.38. The Hall–Kier alpha value is -2.57. The molecule has 1 saturated carbocycles. The molecule has 1 unspecified atom stereocenters. The van der Waals surface area contributed by atoms with Crippen LogP contribution in [-0.4, -0.2) is 61.4 Å². The predicted molar refractivity (Wildman–Crippen MR) is 128 cm³/mol. The Morgan fingerprint density at radius 1 is 1.12 bits per heavy atom. The molecule has 1 aliphatic carbocycles. The molecule has 0 aromatic heterocycles. The molecule has 2 fully saturated rings. The summed E-state index contributed by atoms with van der Waals surface area (Å²) in [5.41, 5.74) is 1.26. The zero-order chi connectivity index (χ0) is 22.6. The lowest BCUT2D eigenvalue weighted by atomic mass is 9.95. The van der Waals surface area contributed by atoms with Gasteiger partial charge in [-0.05, 0) is 31.7 Å². The van der Waals surface area contributed by atoms with E-state index in [-0.39, 0.29) is 17.7 Å². The summed E-state index contributed by atoms with van der Waals surface area (Å²) < 4.78 is 0. The summed E-state index contributed by atoms with van der Waals surface area (Å²) in [6.07, 6.45) is 7.81. The highest BCUT2D eigenvalue weighted by atomic mass is 16.2. The largest absolute Gasteiger partial charge is 0.357 e. The van der Waals surface area contributed by atoms with E-state index < -0.39 is 0 Å². The molecule has 1 aliphatic heterocycles. The number of carbonyl (C=O) groups excluding carboxylic acids is 2. The third-order valence-corrected chi connectivity index (χ3v) is 6.27. The summed E-state index contributed by atoms with van der Waals surface area (Å²) in [6.45, 7) is 5.47. The van der Waals surface area contributed by atoms with Crippen LogP contribution in [0.25, 0.3) is 0 Å². The number of nitrogens with one attached hydrogen (secondary N) is 3. The van der Waals surface area contributed by atoms with Gasteiger partial charge in [-0.3, -0.25) is 14.6 Å². The standard InChI is InChI=1S/C25H39N5O2/c1-2-26-25(27-15-13-23(31)29-22-11-7-4-8-12-22)28-18-21-17-24(32)30(19-21)16-14-20-9-5-3-6-10-20/h3,5-6,9-10,21-22H,2,4,7-8,11-19H2,1H3,(H,29,31)(H2,26,27,28). The van der Waals surface area contributed by atoms with Crippen molar-refractivity contribution < 1.29 is 9.59 Å². The molecular formula is C25H39N5O2. The summed E-state index contributed by atoms with van der Waals surface area (Å²) in [6, 6.07) is 10.6. The van der Waals surface area contributed by atoms with Crippen molar-refractivity contribution in [2.24, 2.45) is 10.9 Å². The topological polar surface area (TPSA) is 85.8 Å². The Morgan fingerprint density at radius 3 is 2.66 bits per heavy atom. The third kappa shape index (κ3) is 8.17. The number of carbonyl (C=O) groups is 2. The van der Waals surface area contributed by atoms with Crippen LogP contribution in [0.3, 0.4) is 0 Å². The van der Waals surface area contributed by atoms with Gasteiger partial charge in [0.15, 0.2) is 5.96 Å². The zero-order valence-corrected chi connectivity index (χ0v) is 19.4. The minimum Gasteiger partial charge on any atom is -0.357 e. The lowest BCUT2D eigenvalue weighted by Gasteiger charge is -2.22. The molecule has 3 N–H and O–H groups in total. The average Bonchev–Trinajstić information content (AvgIpc) is 3.17. The SMILES string of the molecule is CCNC(=NCC1CC(=O)N(CCc2ccccc2)C1)NCCC(=O)NC1CCCCC1. The van der Waals surface area contributed by atoms with Gasteiger partial charge in [-0.25, -0.2) is 0 Å². The summed E-state index contributed by atoms with van der Waals surface area (Å²) in [5.74, 6) is 1.28. The van der Waals surface area contributed by atoms with Crippen LogP contribution in [0, 0.1) is 5.92 Å². The molecule has 1 aromatic carbocycles. The maximum atomic E-state index is 12.4. The van der Waals surface area contributed by atoms with Crippen molar-refractivity contribution in [1.82, 2.24) is 20.9 Å². The molecule has 1 atom stereocenters. The molecular weight excluding hydrogens is 402 g/mol. The highest BCUT2D eigenvalue weighted by molar-refractivity contribution is 5.82. The molecule has 0 spiro atoms. The number of hydrogen-bond acceptors (Lipinski definition) is 3. The number of amides is 2. The molecule has 176 valence electrons. The van der Waals surface area contributed by atoms with Gasteiger partial charge in [0.25, 0.3) is 0 Å². The predicted octanol–water partition coefficient (Wildman–Crippen LogP) is 2.47. The fraction of sp³-hybridized carbons (Fsp3) is 0.640. The van der Waals surface area contributed by atoms with Crippen LogP contribution in [0.5, 0.6) is 0 Å². The number of aliphatic imine (C=N–C) groups is 1. The van der Waals surface area contributed by atoms with Crippen LogP contribution in [0.15, 0.2) is 35.3 Å². The fourth-order valence-electron chi connectivity index (χ4n) is 4.50. The number of rotatable bonds is 10. The second-order valence-corrected chi connectivity index (χ2v) is 8.94. The average molecular weight is 442 g/mol. The van der Waals surface area contributed by atoms with Crippen LogP contribution in [0.2, 0.25) is 0 Å². The van der Waals surface area contributed by atoms with Crippen molar-refractivity contribution in [3.05, 3.63) is 35.9 Å². The van der Waals surface area contributed by atoms with Crippen molar-refractivity contribution in [1.29, 1.82) is 0 Å². The quantitative estimate of drug-likeness (QED) is 0.385. The van der Waals surface area contributed by atoms with Crippen molar-refractivity contribution in [3.8, 4) is 0 Å². The second kappa shape index (κ2) is 13.1. The molecule has 3 rings (SSSR count). The maximum Gasteiger partial charge on any atom is 0.223 e. The van der Waals surface area contributed by atoms with Gasteiger partial charge in [0.2, 0.25) is 11.8 Å². The van der Waals surface area contributed by atoms with Crippen molar-refractivity contribution in [2.45, 2.75) is 64.3 Å². The van der Waals surface area contributed by atoms with Gasteiger partial charge < -0.3 is 20.9 Å². The number of likely N-dealkylation sites (tertiary alicyclic amines) is 1. The molecule has 0 radical (unpaired) electrons. The van der Waals surface area contributed by atoms with E-state index in [9.17, 15) is 9.59 Å². The van der Waals surface area contributed by atoms with E-state index in [0.717, 1.165) is 38.9 Å².